The van der Waals surface area contributed by atoms with Gasteiger partial charge in [-0.3, -0.25) is 0 Å². The number of fused-ring (bicyclic) bond motifs is 10. The van der Waals surface area contributed by atoms with Crippen molar-refractivity contribution in [1.82, 2.24) is 5.32 Å². The Morgan fingerprint density at radius 3 is 1.48 bits per heavy atom. The van der Waals surface area contributed by atoms with E-state index in [0.29, 0.717) is 5.84 Å². The van der Waals surface area contributed by atoms with E-state index in [-0.39, 0.29) is 6.17 Å². The summed E-state index contributed by atoms with van der Waals surface area (Å²) in [6.07, 6.45) is -0.270. The summed E-state index contributed by atoms with van der Waals surface area (Å²) in [6, 6.07) is 76.6. The van der Waals surface area contributed by atoms with Gasteiger partial charge in [-0.2, -0.15) is 0 Å². The molecule has 1 atom stereocenters. The summed E-state index contributed by atoms with van der Waals surface area (Å²) >= 11 is 0. The molecule has 1 unspecified atom stereocenters. The van der Waals surface area contributed by atoms with Crippen LogP contribution >= 0.6 is 0 Å². The average molecular weight is 828 g/mol. The largest absolute Gasteiger partial charge is 0.456 e. The quantitative estimate of drug-likeness (QED) is 0.176. The SMILES string of the molecule is c1ccc(C2N=C(c3ccc4ccccc4c3)N=C(c3ccc(-c4ccc5c6ccccc6c6ccc(-c7ccc8c(c7)c7cccc9oc%10cccc8c%10c97)cc6c5c4)cc3)N2)cc1. The zero-order chi connectivity index (χ0) is 42.6. The molecule has 0 saturated heterocycles. The molecule has 4 nitrogen and oxygen atoms in total. The first kappa shape index (κ1) is 35.9. The van der Waals surface area contributed by atoms with Crippen molar-refractivity contribution in [3.05, 3.63) is 229 Å². The normalized spacial score (nSPS) is 14.3. The zero-order valence-corrected chi connectivity index (χ0v) is 35.1. The Bertz CT molecular complexity index is 4140. The molecule has 0 bridgehead atoms. The molecule has 1 aliphatic heterocycles. The van der Waals surface area contributed by atoms with Gasteiger partial charge in [-0.05, 0) is 129 Å². The molecule has 1 aliphatic rings. The van der Waals surface area contributed by atoms with E-state index < -0.39 is 0 Å². The highest BCUT2D eigenvalue weighted by atomic mass is 16.3. The second-order valence-electron chi connectivity index (χ2n) is 17.3. The van der Waals surface area contributed by atoms with Crippen molar-refractivity contribution in [2.24, 2.45) is 9.98 Å². The summed E-state index contributed by atoms with van der Waals surface area (Å²) in [7, 11) is 0. The molecule has 0 aliphatic carbocycles. The minimum absolute atomic E-state index is 0.270. The molecular formula is C61H37N3O. The lowest BCUT2D eigenvalue weighted by Crippen LogP contribution is -2.33. The van der Waals surface area contributed by atoms with Gasteiger partial charge in [-0.15, -0.1) is 0 Å². The van der Waals surface area contributed by atoms with Crippen LogP contribution in [0.1, 0.15) is 22.9 Å². The van der Waals surface area contributed by atoms with Crippen LogP contribution in [0, 0.1) is 0 Å². The molecule has 1 N–H and O–H groups in total. The summed E-state index contributed by atoms with van der Waals surface area (Å²) in [5.41, 5.74) is 9.66. The highest BCUT2D eigenvalue weighted by molar-refractivity contribution is 6.33. The third-order valence-corrected chi connectivity index (χ3v) is 13.6. The summed E-state index contributed by atoms with van der Waals surface area (Å²) < 4.78 is 6.34. The maximum absolute atomic E-state index is 6.34. The van der Waals surface area contributed by atoms with Crippen LogP contribution in [0.25, 0.3) is 109 Å². The minimum Gasteiger partial charge on any atom is -0.456 e. The molecule has 0 amide bonds. The molecule has 0 spiro atoms. The number of aliphatic imine (C=N–C) groups is 2. The smallest absolute Gasteiger partial charge is 0.159 e. The predicted octanol–water partition coefficient (Wildman–Crippen LogP) is 15.8. The van der Waals surface area contributed by atoms with Crippen LogP contribution in [-0.2, 0) is 0 Å². The van der Waals surface area contributed by atoms with Crippen LogP contribution in [0.2, 0.25) is 0 Å². The van der Waals surface area contributed by atoms with Gasteiger partial charge >= 0.3 is 0 Å². The minimum atomic E-state index is -0.270. The standard InChI is InChI=1S/C61H37N3O/c1-2-11-38(12-3-1)59-62-60(64-61(63-59)44-25-22-36-10-4-5-13-40(36)32-44)39-23-20-37(21-24-39)41-26-29-47-45-14-6-7-15-46(45)48-30-27-43(35-54(48)53(47)33-41)42-28-31-49-50-16-8-18-55-57(50)58-51(52(49)34-42)17-9-19-56(58)65-55/h1-35,59H,(H,62,63,64). The van der Waals surface area contributed by atoms with Gasteiger partial charge in [0, 0.05) is 21.9 Å². The third kappa shape index (κ3) is 5.64. The molecule has 302 valence electrons. The number of amidine groups is 2. The van der Waals surface area contributed by atoms with E-state index in [1.54, 1.807) is 0 Å². The second kappa shape index (κ2) is 14.0. The summed E-state index contributed by atoms with van der Waals surface area (Å²) in [5.74, 6) is 1.51. The second-order valence-corrected chi connectivity index (χ2v) is 17.3. The van der Waals surface area contributed by atoms with Crippen molar-refractivity contribution in [3.63, 3.8) is 0 Å². The lowest BCUT2D eigenvalue weighted by molar-refractivity contribution is 0.669. The van der Waals surface area contributed by atoms with Crippen LogP contribution in [0.4, 0.5) is 0 Å². The summed E-state index contributed by atoms with van der Waals surface area (Å²) in [4.78, 5) is 10.3. The van der Waals surface area contributed by atoms with Gasteiger partial charge in [0.15, 0.2) is 5.84 Å². The number of hydrogen-bond acceptors (Lipinski definition) is 4. The zero-order valence-electron chi connectivity index (χ0n) is 35.1. The number of benzene rings is 12. The molecule has 14 rings (SSSR count). The number of furan rings is 1. The Kier molecular flexibility index (Phi) is 7.71. The van der Waals surface area contributed by atoms with Crippen LogP contribution in [0.3, 0.4) is 0 Å². The molecule has 13 aromatic rings. The monoisotopic (exact) mass is 827 g/mol. The van der Waals surface area contributed by atoms with Crippen molar-refractivity contribution in [1.29, 1.82) is 0 Å². The van der Waals surface area contributed by atoms with Crippen LogP contribution < -0.4 is 5.32 Å². The molecule has 12 aromatic carbocycles. The van der Waals surface area contributed by atoms with Gasteiger partial charge < -0.3 is 9.73 Å². The van der Waals surface area contributed by atoms with E-state index in [2.05, 4.69) is 212 Å². The van der Waals surface area contributed by atoms with Crippen molar-refractivity contribution < 1.29 is 4.42 Å². The van der Waals surface area contributed by atoms with Crippen molar-refractivity contribution in [2.75, 3.05) is 0 Å². The van der Waals surface area contributed by atoms with E-state index >= 15 is 0 Å². The molecule has 0 saturated carbocycles. The number of nitrogens with one attached hydrogen (secondary N) is 1. The lowest BCUT2D eigenvalue weighted by atomic mass is 9.89. The van der Waals surface area contributed by atoms with Gasteiger partial charge in [0.25, 0.3) is 0 Å². The maximum Gasteiger partial charge on any atom is 0.159 e. The van der Waals surface area contributed by atoms with E-state index in [4.69, 9.17) is 14.4 Å². The fourth-order valence-corrected chi connectivity index (χ4v) is 10.5. The van der Waals surface area contributed by atoms with Gasteiger partial charge in [0.1, 0.15) is 23.2 Å². The van der Waals surface area contributed by atoms with Crippen molar-refractivity contribution in [2.45, 2.75) is 6.17 Å². The molecule has 65 heavy (non-hydrogen) atoms. The Morgan fingerprint density at radius 1 is 0.338 bits per heavy atom. The van der Waals surface area contributed by atoms with Gasteiger partial charge in [0.05, 0.1) is 0 Å². The highest BCUT2D eigenvalue weighted by Crippen LogP contribution is 2.44. The van der Waals surface area contributed by atoms with Crippen molar-refractivity contribution in [3.8, 4) is 22.3 Å². The third-order valence-electron chi connectivity index (χ3n) is 13.6. The summed E-state index contributed by atoms with van der Waals surface area (Å²) in [5, 5.41) is 20.9. The molecule has 2 heterocycles. The van der Waals surface area contributed by atoms with Gasteiger partial charge in [-0.25, -0.2) is 9.98 Å². The van der Waals surface area contributed by atoms with Crippen LogP contribution in [-0.4, -0.2) is 11.7 Å². The Hall–Kier alpha value is -8.60. The first-order valence-electron chi connectivity index (χ1n) is 22.2. The fourth-order valence-electron chi connectivity index (χ4n) is 10.5. The molecule has 0 fully saturated rings. The highest BCUT2D eigenvalue weighted by Gasteiger charge is 2.22. The molecule has 0 radical (unpaired) electrons. The number of nitrogens with zero attached hydrogens (tertiary/aromatic N) is 2. The van der Waals surface area contributed by atoms with E-state index in [1.165, 1.54) is 86.5 Å². The fraction of sp³-hybridized carbons (Fsp3) is 0.0164. The Balaban J connectivity index is 0.875. The Labute approximate surface area is 373 Å². The van der Waals surface area contributed by atoms with Gasteiger partial charge in [0.2, 0.25) is 0 Å². The lowest BCUT2D eigenvalue weighted by Gasteiger charge is -2.24. The average Bonchev–Trinajstić information content (AvgIpc) is 3.78. The maximum atomic E-state index is 6.34. The predicted molar refractivity (Wildman–Crippen MR) is 273 cm³/mol. The van der Waals surface area contributed by atoms with E-state index in [1.807, 2.05) is 6.07 Å². The first-order valence-corrected chi connectivity index (χ1v) is 22.2. The van der Waals surface area contributed by atoms with E-state index in [9.17, 15) is 0 Å². The van der Waals surface area contributed by atoms with Crippen LogP contribution in [0.5, 0.6) is 0 Å². The first-order chi connectivity index (χ1) is 32.2. The number of hydrogen-bond donors (Lipinski definition) is 1. The van der Waals surface area contributed by atoms with Crippen molar-refractivity contribution >= 4 is 98.2 Å². The van der Waals surface area contributed by atoms with E-state index in [0.717, 1.165) is 44.8 Å². The molecule has 4 heteroatoms. The molecular weight excluding hydrogens is 791 g/mol. The topological polar surface area (TPSA) is 49.9 Å². The van der Waals surface area contributed by atoms with Gasteiger partial charge in [-0.1, -0.05) is 176 Å². The Morgan fingerprint density at radius 2 is 0.815 bits per heavy atom. The summed E-state index contributed by atoms with van der Waals surface area (Å²) in [6.45, 7) is 0. The number of rotatable bonds is 5. The molecule has 1 aromatic heterocycles. The van der Waals surface area contributed by atoms with Crippen LogP contribution in [0.15, 0.2) is 227 Å².